The van der Waals surface area contributed by atoms with E-state index >= 15 is 0 Å². The highest BCUT2D eigenvalue weighted by Gasteiger charge is 2.27. The molecular weight excluding hydrogens is 190 g/mol. The van der Waals surface area contributed by atoms with E-state index in [-0.39, 0.29) is 5.92 Å². The van der Waals surface area contributed by atoms with Crippen LogP contribution in [-0.2, 0) is 0 Å². The van der Waals surface area contributed by atoms with Crippen molar-refractivity contribution in [1.29, 1.82) is 5.26 Å². The van der Waals surface area contributed by atoms with Crippen molar-refractivity contribution in [3.63, 3.8) is 0 Å². The first-order valence-electron chi connectivity index (χ1n) is 5.01. The Hall–Kier alpha value is -0.940. The van der Waals surface area contributed by atoms with Gasteiger partial charge in [0.15, 0.2) is 0 Å². The van der Waals surface area contributed by atoms with Gasteiger partial charge in [-0.15, -0.1) is 11.8 Å². The number of nitrogens with zero attached hydrogens (tertiary/aromatic N) is 1. The molecule has 0 heterocycles. The standard InChI is InChI=1S/C12H13NS/c13-9-10-5-4-8-12(10)14-11-6-2-1-3-7-11/h1-3,6-7,10,12H,4-5,8H2. The molecule has 0 saturated heterocycles. The molecule has 2 rings (SSSR count). The van der Waals surface area contributed by atoms with E-state index in [1.54, 1.807) is 0 Å². The van der Waals surface area contributed by atoms with Gasteiger partial charge >= 0.3 is 0 Å². The summed E-state index contributed by atoms with van der Waals surface area (Å²) in [4.78, 5) is 1.29. The average Bonchev–Trinajstić information content (AvgIpc) is 2.67. The second-order valence-corrected chi connectivity index (χ2v) is 4.95. The van der Waals surface area contributed by atoms with Gasteiger partial charge in [-0.3, -0.25) is 0 Å². The summed E-state index contributed by atoms with van der Waals surface area (Å²) in [6.07, 6.45) is 3.49. The van der Waals surface area contributed by atoms with Gasteiger partial charge in [0, 0.05) is 10.1 Å². The van der Waals surface area contributed by atoms with Crippen LogP contribution in [0.25, 0.3) is 0 Å². The van der Waals surface area contributed by atoms with Gasteiger partial charge in [-0.05, 0) is 25.0 Å². The quantitative estimate of drug-likeness (QED) is 0.735. The Bertz CT molecular complexity index is 328. The molecule has 0 bridgehead atoms. The molecule has 1 aromatic carbocycles. The van der Waals surface area contributed by atoms with Crippen LogP contribution in [-0.4, -0.2) is 5.25 Å². The molecule has 1 nitrogen and oxygen atoms in total. The van der Waals surface area contributed by atoms with E-state index in [9.17, 15) is 0 Å². The maximum absolute atomic E-state index is 8.95. The largest absolute Gasteiger partial charge is 0.198 e. The van der Waals surface area contributed by atoms with Gasteiger partial charge < -0.3 is 0 Å². The Morgan fingerprint density at radius 3 is 2.71 bits per heavy atom. The minimum Gasteiger partial charge on any atom is -0.198 e. The van der Waals surface area contributed by atoms with Gasteiger partial charge in [0.2, 0.25) is 0 Å². The molecule has 1 fully saturated rings. The molecule has 0 radical (unpaired) electrons. The SMILES string of the molecule is N#CC1CCCC1Sc1ccccc1. The molecule has 72 valence electrons. The van der Waals surface area contributed by atoms with Crippen molar-refractivity contribution >= 4 is 11.8 Å². The number of rotatable bonds is 2. The predicted molar refractivity (Wildman–Crippen MR) is 59.0 cm³/mol. The Balaban J connectivity index is 2.01. The average molecular weight is 203 g/mol. The fourth-order valence-corrected chi connectivity index (χ4v) is 3.20. The Labute approximate surface area is 89.1 Å². The van der Waals surface area contributed by atoms with Crippen molar-refractivity contribution in [2.75, 3.05) is 0 Å². The van der Waals surface area contributed by atoms with Crippen LogP contribution in [0.1, 0.15) is 19.3 Å². The van der Waals surface area contributed by atoms with Gasteiger partial charge in [0.25, 0.3) is 0 Å². The number of hydrogen-bond acceptors (Lipinski definition) is 2. The van der Waals surface area contributed by atoms with Crippen LogP contribution in [0.15, 0.2) is 35.2 Å². The van der Waals surface area contributed by atoms with Crippen molar-refractivity contribution < 1.29 is 0 Å². The Morgan fingerprint density at radius 2 is 2.00 bits per heavy atom. The first-order valence-corrected chi connectivity index (χ1v) is 5.89. The van der Waals surface area contributed by atoms with Crippen LogP contribution >= 0.6 is 11.8 Å². The summed E-state index contributed by atoms with van der Waals surface area (Å²) in [5.41, 5.74) is 0. The van der Waals surface area contributed by atoms with E-state index in [0.717, 1.165) is 6.42 Å². The fourth-order valence-electron chi connectivity index (χ4n) is 1.89. The van der Waals surface area contributed by atoms with E-state index in [1.807, 2.05) is 17.8 Å². The number of thioether (sulfide) groups is 1. The van der Waals surface area contributed by atoms with E-state index < -0.39 is 0 Å². The monoisotopic (exact) mass is 203 g/mol. The highest BCUT2D eigenvalue weighted by molar-refractivity contribution is 8.00. The maximum Gasteiger partial charge on any atom is 0.0667 e. The Kier molecular flexibility index (Phi) is 3.10. The molecule has 0 N–H and O–H groups in total. The summed E-state index contributed by atoms with van der Waals surface area (Å²) >= 11 is 1.86. The van der Waals surface area contributed by atoms with Crippen LogP contribution in [0.4, 0.5) is 0 Å². The molecule has 1 aromatic rings. The lowest BCUT2D eigenvalue weighted by atomic mass is 10.1. The molecule has 1 aliphatic rings. The van der Waals surface area contributed by atoms with E-state index in [0.29, 0.717) is 5.25 Å². The highest BCUT2D eigenvalue weighted by atomic mass is 32.2. The first kappa shape index (κ1) is 9.61. The molecule has 14 heavy (non-hydrogen) atoms. The van der Waals surface area contributed by atoms with Gasteiger partial charge in [0.05, 0.1) is 12.0 Å². The van der Waals surface area contributed by atoms with Gasteiger partial charge in [0.1, 0.15) is 0 Å². The third-order valence-corrected chi connectivity index (χ3v) is 4.06. The number of benzene rings is 1. The van der Waals surface area contributed by atoms with Crippen LogP contribution in [0.3, 0.4) is 0 Å². The summed E-state index contributed by atoms with van der Waals surface area (Å²) < 4.78 is 0. The molecule has 0 aromatic heterocycles. The lowest BCUT2D eigenvalue weighted by molar-refractivity contribution is 0.714. The predicted octanol–water partition coefficient (Wildman–Crippen LogP) is 3.47. The van der Waals surface area contributed by atoms with Crippen molar-refractivity contribution in [3.8, 4) is 6.07 Å². The maximum atomic E-state index is 8.95. The summed E-state index contributed by atoms with van der Waals surface area (Å²) in [6, 6.07) is 12.8. The summed E-state index contributed by atoms with van der Waals surface area (Å²) in [6.45, 7) is 0. The van der Waals surface area contributed by atoms with Gasteiger partial charge in [-0.25, -0.2) is 0 Å². The third-order valence-electron chi connectivity index (χ3n) is 2.65. The second kappa shape index (κ2) is 4.52. The second-order valence-electron chi connectivity index (χ2n) is 3.64. The van der Waals surface area contributed by atoms with Gasteiger partial charge in [-0.2, -0.15) is 5.26 Å². The lowest BCUT2D eigenvalue weighted by Crippen LogP contribution is -2.06. The molecule has 0 amide bonds. The molecule has 0 aliphatic heterocycles. The summed E-state index contributed by atoms with van der Waals surface area (Å²) in [5.74, 6) is 0.264. The summed E-state index contributed by atoms with van der Waals surface area (Å²) in [5, 5.41) is 9.47. The molecule has 2 heteroatoms. The Morgan fingerprint density at radius 1 is 1.21 bits per heavy atom. The van der Waals surface area contributed by atoms with Crippen LogP contribution < -0.4 is 0 Å². The van der Waals surface area contributed by atoms with Crippen LogP contribution in [0.2, 0.25) is 0 Å². The summed E-state index contributed by atoms with van der Waals surface area (Å²) in [7, 11) is 0. The van der Waals surface area contributed by atoms with Crippen molar-refractivity contribution in [2.45, 2.75) is 29.4 Å². The molecular formula is C12H13NS. The number of nitriles is 1. The zero-order valence-corrected chi connectivity index (χ0v) is 8.83. The molecule has 1 saturated carbocycles. The van der Waals surface area contributed by atoms with E-state index in [4.69, 9.17) is 5.26 Å². The topological polar surface area (TPSA) is 23.8 Å². The van der Waals surface area contributed by atoms with Crippen LogP contribution in [0.5, 0.6) is 0 Å². The lowest BCUT2D eigenvalue weighted by Gasteiger charge is -2.12. The zero-order valence-electron chi connectivity index (χ0n) is 8.02. The first-order chi connectivity index (χ1) is 6.90. The molecule has 2 atom stereocenters. The number of hydrogen-bond donors (Lipinski definition) is 0. The van der Waals surface area contributed by atoms with Crippen LogP contribution in [0, 0.1) is 17.2 Å². The normalized spacial score (nSPS) is 25.9. The van der Waals surface area contributed by atoms with Crippen molar-refractivity contribution in [2.24, 2.45) is 5.92 Å². The fraction of sp³-hybridized carbons (Fsp3) is 0.417. The molecule has 2 unspecified atom stereocenters. The minimum absolute atomic E-state index is 0.264. The third kappa shape index (κ3) is 2.10. The zero-order chi connectivity index (χ0) is 9.80. The smallest absolute Gasteiger partial charge is 0.0667 e. The molecule has 0 spiro atoms. The van der Waals surface area contributed by atoms with Crippen molar-refractivity contribution in [3.05, 3.63) is 30.3 Å². The van der Waals surface area contributed by atoms with E-state index in [2.05, 4.69) is 30.3 Å². The van der Waals surface area contributed by atoms with Gasteiger partial charge in [-0.1, -0.05) is 24.6 Å². The minimum atomic E-state index is 0.264. The highest BCUT2D eigenvalue weighted by Crippen LogP contribution is 2.38. The van der Waals surface area contributed by atoms with Crippen molar-refractivity contribution in [1.82, 2.24) is 0 Å². The molecule has 1 aliphatic carbocycles. The van der Waals surface area contributed by atoms with E-state index in [1.165, 1.54) is 17.7 Å².